The molecule has 1 heterocycles. The van der Waals surface area contributed by atoms with Crippen LogP contribution in [0.4, 0.5) is 4.39 Å². The first-order valence-corrected chi connectivity index (χ1v) is 10.7. The zero-order chi connectivity index (χ0) is 22.0. The van der Waals surface area contributed by atoms with E-state index in [9.17, 15) is 19.1 Å². The molecule has 7 heteroatoms. The molecule has 0 radical (unpaired) electrons. The summed E-state index contributed by atoms with van der Waals surface area (Å²) in [6.45, 7) is -0.715. The molecule has 6 nitrogen and oxygen atoms in total. The fourth-order valence-corrected chi connectivity index (χ4v) is 4.53. The molecule has 1 saturated carbocycles. The third-order valence-corrected chi connectivity index (χ3v) is 6.17. The Kier molecular flexibility index (Phi) is 6.23. The van der Waals surface area contributed by atoms with Crippen molar-refractivity contribution in [3.63, 3.8) is 0 Å². The van der Waals surface area contributed by atoms with Gasteiger partial charge in [-0.25, -0.2) is 4.39 Å². The zero-order valence-corrected chi connectivity index (χ0v) is 17.4. The molecule has 0 saturated heterocycles. The van der Waals surface area contributed by atoms with E-state index in [1.165, 1.54) is 13.1 Å². The highest BCUT2D eigenvalue weighted by Crippen LogP contribution is 2.45. The minimum atomic E-state index is -0.765. The fourth-order valence-electron chi connectivity index (χ4n) is 4.53. The Hall–Kier alpha value is -2.93. The first-order chi connectivity index (χ1) is 15.0. The van der Waals surface area contributed by atoms with Crippen LogP contribution in [0.5, 0.6) is 5.75 Å². The molecular formula is C24H27FN2O4. The van der Waals surface area contributed by atoms with Gasteiger partial charge in [-0.2, -0.15) is 0 Å². The van der Waals surface area contributed by atoms with E-state index in [2.05, 4.69) is 10.6 Å². The number of alkyl halides is 1. The number of benzene rings is 2. The van der Waals surface area contributed by atoms with Crippen molar-refractivity contribution in [1.82, 2.24) is 10.6 Å². The van der Waals surface area contributed by atoms with Crippen LogP contribution in [0.3, 0.4) is 0 Å². The van der Waals surface area contributed by atoms with E-state index in [4.69, 9.17) is 4.74 Å². The Morgan fingerprint density at radius 1 is 1.10 bits per heavy atom. The van der Waals surface area contributed by atoms with Gasteiger partial charge >= 0.3 is 0 Å². The molecule has 164 valence electrons. The van der Waals surface area contributed by atoms with Crippen molar-refractivity contribution in [1.29, 1.82) is 0 Å². The number of fused-ring (bicyclic) bond motifs is 1. The Balaban J connectivity index is 1.72. The molecule has 2 aliphatic rings. The van der Waals surface area contributed by atoms with Gasteiger partial charge in [0.1, 0.15) is 18.5 Å². The molecular weight excluding hydrogens is 399 g/mol. The molecule has 2 aromatic rings. The van der Waals surface area contributed by atoms with E-state index < -0.39 is 24.6 Å². The first-order valence-electron chi connectivity index (χ1n) is 10.7. The van der Waals surface area contributed by atoms with Gasteiger partial charge in [0.15, 0.2) is 0 Å². The van der Waals surface area contributed by atoms with Crippen molar-refractivity contribution in [3.8, 4) is 5.75 Å². The van der Waals surface area contributed by atoms with Crippen molar-refractivity contribution in [2.75, 3.05) is 13.7 Å². The van der Waals surface area contributed by atoms with Crippen LogP contribution >= 0.6 is 0 Å². The summed E-state index contributed by atoms with van der Waals surface area (Å²) in [7, 11) is 1.51. The monoisotopic (exact) mass is 426 g/mol. The number of hydrogen-bond acceptors (Lipinski definition) is 4. The number of aliphatic hydroxyl groups is 1. The van der Waals surface area contributed by atoms with Crippen molar-refractivity contribution < 1.29 is 23.8 Å². The SMILES string of the molecule is CNC(=O)c1cc(C(=O)N[C@H]2CC[C@H](O)CC2)cc2c1O[C@H](CF)[C@H]2c1ccccc1. The Morgan fingerprint density at radius 2 is 1.81 bits per heavy atom. The number of hydrogen-bond donors (Lipinski definition) is 3. The molecule has 4 rings (SSSR count). The summed E-state index contributed by atoms with van der Waals surface area (Å²) < 4.78 is 19.8. The molecule has 31 heavy (non-hydrogen) atoms. The number of aliphatic hydroxyl groups excluding tert-OH is 1. The zero-order valence-electron chi connectivity index (χ0n) is 17.4. The molecule has 0 aromatic heterocycles. The van der Waals surface area contributed by atoms with Crippen LogP contribution in [0.25, 0.3) is 0 Å². The van der Waals surface area contributed by atoms with E-state index >= 15 is 0 Å². The maximum atomic E-state index is 13.9. The van der Waals surface area contributed by atoms with Gasteiger partial charge in [-0.05, 0) is 43.4 Å². The number of halogens is 1. The second-order valence-electron chi connectivity index (χ2n) is 8.20. The van der Waals surface area contributed by atoms with E-state index in [-0.39, 0.29) is 23.6 Å². The lowest BCUT2D eigenvalue weighted by molar-refractivity contribution is 0.0867. The van der Waals surface area contributed by atoms with Crippen molar-refractivity contribution in [3.05, 3.63) is 64.7 Å². The quantitative estimate of drug-likeness (QED) is 0.686. The molecule has 1 aliphatic heterocycles. The fraction of sp³-hybridized carbons (Fsp3) is 0.417. The molecule has 1 aliphatic carbocycles. The summed E-state index contributed by atoms with van der Waals surface area (Å²) in [6, 6.07) is 12.6. The maximum absolute atomic E-state index is 13.9. The summed E-state index contributed by atoms with van der Waals surface area (Å²) in [4.78, 5) is 25.6. The van der Waals surface area contributed by atoms with Gasteiger partial charge in [-0.15, -0.1) is 0 Å². The second-order valence-corrected chi connectivity index (χ2v) is 8.20. The minimum absolute atomic E-state index is 0.0210. The Labute approximate surface area is 180 Å². The molecule has 0 bridgehead atoms. The van der Waals surface area contributed by atoms with E-state index in [1.54, 1.807) is 6.07 Å². The number of rotatable bonds is 5. The summed E-state index contributed by atoms with van der Waals surface area (Å²) >= 11 is 0. The number of ether oxygens (including phenoxy) is 1. The van der Waals surface area contributed by atoms with Gasteiger partial charge in [-0.1, -0.05) is 30.3 Å². The van der Waals surface area contributed by atoms with E-state index in [0.717, 1.165) is 5.56 Å². The summed E-state index contributed by atoms with van der Waals surface area (Å²) in [5.74, 6) is -0.766. The van der Waals surface area contributed by atoms with Crippen molar-refractivity contribution >= 4 is 11.8 Å². The topological polar surface area (TPSA) is 87.7 Å². The number of carbonyl (C=O) groups is 2. The lowest BCUT2D eigenvalue weighted by Crippen LogP contribution is -2.38. The molecule has 2 amide bonds. The van der Waals surface area contributed by atoms with Crippen LogP contribution < -0.4 is 15.4 Å². The largest absolute Gasteiger partial charge is 0.486 e. The number of nitrogens with one attached hydrogen (secondary N) is 2. The normalized spacial score (nSPS) is 24.7. The first kappa shape index (κ1) is 21.3. The highest BCUT2D eigenvalue weighted by Gasteiger charge is 2.39. The molecule has 2 aromatic carbocycles. The van der Waals surface area contributed by atoms with Gasteiger partial charge in [0.05, 0.1) is 17.6 Å². The predicted molar refractivity (Wildman–Crippen MR) is 114 cm³/mol. The smallest absolute Gasteiger partial charge is 0.254 e. The summed E-state index contributed by atoms with van der Waals surface area (Å²) in [5.41, 5.74) is 2.07. The molecule has 3 N–H and O–H groups in total. The summed E-state index contributed by atoms with van der Waals surface area (Å²) in [6.07, 6.45) is 1.65. The van der Waals surface area contributed by atoms with Gasteiger partial charge in [0.2, 0.25) is 0 Å². The molecule has 0 unspecified atom stereocenters. The lowest BCUT2D eigenvalue weighted by atomic mass is 9.86. The van der Waals surface area contributed by atoms with Crippen LogP contribution in [0.1, 0.15) is 63.4 Å². The van der Waals surface area contributed by atoms with Crippen LogP contribution in [0, 0.1) is 0 Å². The highest BCUT2D eigenvalue weighted by atomic mass is 19.1. The second kappa shape index (κ2) is 9.06. The van der Waals surface area contributed by atoms with Gasteiger partial charge < -0.3 is 20.5 Å². The lowest BCUT2D eigenvalue weighted by Gasteiger charge is -2.26. The average molecular weight is 426 g/mol. The number of amides is 2. The van der Waals surface area contributed by atoms with Gasteiger partial charge in [0, 0.05) is 24.2 Å². The van der Waals surface area contributed by atoms with Crippen LogP contribution in [0.2, 0.25) is 0 Å². The van der Waals surface area contributed by atoms with Crippen molar-refractivity contribution in [2.45, 2.75) is 49.9 Å². The standard InChI is InChI=1S/C24H27FN2O4/c1-26-24(30)19-12-15(23(29)27-16-7-9-17(28)10-8-16)11-18-21(14-5-3-2-4-6-14)20(13-25)31-22(18)19/h2-6,11-12,16-17,20-21,28H,7-10,13H2,1H3,(H,26,30)(H,27,29)/t16-,17-,20-,21+/m1/s1. The third kappa shape index (κ3) is 4.28. The van der Waals surface area contributed by atoms with Crippen LogP contribution in [-0.4, -0.2) is 48.9 Å². The Bertz CT molecular complexity index is 958. The van der Waals surface area contributed by atoms with Crippen LogP contribution in [-0.2, 0) is 0 Å². The Morgan fingerprint density at radius 3 is 2.45 bits per heavy atom. The average Bonchev–Trinajstić information content (AvgIpc) is 3.18. The van der Waals surface area contributed by atoms with Crippen molar-refractivity contribution in [2.24, 2.45) is 0 Å². The maximum Gasteiger partial charge on any atom is 0.254 e. The molecule has 2 atom stereocenters. The van der Waals surface area contributed by atoms with Crippen LogP contribution in [0.15, 0.2) is 42.5 Å². The highest BCUT2D eigenvalue weighted by molar-refractivity contribution is 6.02. The summed E-state index contributed by atoms with van der Waals surface area (Å²) in [5, 5.41) is 15.3. The molecule has 1 fully saturated rings. The number of carbonyl (C=O) groups excluding carboxylic acids is 2. The third-order valence-electron chi connectivity index (χ3n) is 6.17. The van der Waals surface area contributed by atoms with E-state index in [1.807, 2.05) is 30.3 Å². The minimum Gasteiger partial charge on any atom is -0.486 e. The van der Waals surface area contributed by atoms with E-state index in [0.29, 0.717) is 42.6 Å². The van der Waals surface area contributed by atoms with Gasteiger partial charge in [-0.3, -0.25) is 9.59 Å². The molecule has 0 spiro atoms. The predicted octanol–water partition coefficient (Wildman–Crippen LogP) is 2.94. The van der Waals surface area contributed by atoms with Gasteiger partial charge in [0.25, 0.3) is 11.8 Å².